The quantitative estimate of drug-likeness (QED) is 0.205. The van der Waals surface area contributed by atoms with E-state index in [1.54, 1.807) is 13.8 Å². The zero-order chi connectivity index (χ0) is 19.4. The second-order valence-electron chi connectivity index (χ2n) is 5.98. The van der Waals surface area contributed by atoms with Gasteiger partial charge in [0, 0.05) is 19.0 Å². The molecule has 3 amide bonds. The lowest BCUT2D eigenvalue weighted by Gasteiger charge is -2.26. The molecule has 0 aromatic heterocycles. The first kappa shape index (κ1) is 22.8. The van der Waals surface area contributed by atoms with E-state index in [4.69, 9.17) is 15.9 Å². The van der Waals surface area contributed by atoms with Crippen LogP contribution in [-0.4, -0.2) is 65.7 Å². The third kappa shape index (κ3) is 9.01. The van der Waals surface area contributed by atoms with Gasteiger partial charge in [0.25, 0.3) is 0 Å². The Morgan fingerprint density at radius 1 is 1.16 bits per heavy atom. The van der Waals surface area contributed by atoms with Crippen LogP contribution in [0, 0.1) is 5.92 Å². The number of carbonyl (C=O) groups excluding carboxylic acids is 3. The number of aliphatic hydroxyl groups excluding tert-OH is 1. The maximum atomic E-state index is 12.4. The molecule has 0 rings (SSSR count). The second-order valence-corrected chi connectivity index (χ2v) is 5.98. The van der Waals surface area contributed by atoms with Gasteiger partial charge in [-0.1, -0.05) is 13.8 Å². The van der Waals surface area contributed by atoms with Crippen molar-refractivity contribution in [1.29, 1.82) is 0 Å². The Kier molecular flexibility index (Phi) is 11.1. The number of aliphatic hydroxyl groups is 1. The molecule has 0 aromatic rings. The maximum Gasteiger partial charge on any atom is 0.303 e. The number of carboxylic acids is 1. The van der Waals surface area contributed by atoms with Crippen LogP contribution in [0.1, 0.15) is 33.1 Å². The first-order valence-corrected chi connectivity index (χ1v) is 8.09. The van der Waals surface area contributed by atoms with Crippen molar-refractivity contribution in [3.8, 4) is 0 Å². The minimum atomic E-state index is -1.15. The van der Waals surface area contributed by atoms with Gasteiger partial charge in [0.15, 0.2) is 0 Å². The molecule has 0 aromatic carbocycles. The molecular weight excluding hydrogens is 332 g/mol. The lowest BCUT2D eigenvalue weighted by Crippen LogP contribution is -2.57. The van der Waals surface area contributed by atoms with E-state index in [0.717, 1.165) is 0 Å². The van der Waals surface area contributed by atoms with Crippen LogP contribution in [-0.2, 0) is 19.2 Å². The Bertz CT molecular complexity index is 457. The van der Waals surface area contributed by atoms with Gasteiger partial charge in [0.1, 0.15) is 12.1 Å². The molecule has 10 nitrogen and oxygen atoms in total. The zero-order valence-corrected chi connectivity index (χ0v) is 14.5. The van der Waals surface area contributed by atoms with E-state index >= 15 is 0 Å². The van der Waals surface area contributed by atoms with Crippen molar-refractivity contribution in [2.24, 2.45) is 11.7 Å². The van der Waals surface area contributed by atoms with Crippen LogP contribution in [0.25, 0.3) is 0 Å². The molecular formula is C15H28N4O6. The summed E-state index contributed by atoms with van der Waals surface area (Å²) in [5, 5.41) is 25.1. The van der Waals surface area contributed by atoms with Gasteiger partial charge in [0.05, 0.1) is 6.61 Å². The summed E-state index contributed by atoms with van der Waals surface area (Å²) >= 11 is 0. The molecule has 0 fully saturated rings. The minimum Gasteiger partial charge on any atom is -0.481 e. The molecule has 3 unspecified atom stereocenters. The molecule has 0 heterocycles. The monoisotopic (exact) mass is 360 g/mol. The van der Waals surface area contributed by atoms with Crippen LogP contribution in [0.5, 0.6) is 0 Å². The highest BCUT2D eigenvalue weighted by Gasteiger charge is 2.28. The van der Waals surface area contributed by atoms with E-state index < -0.39 is 42.5 Å². The molecule has 0 aliphatic rings. The van der Waals surface area contributed by atoms with E-state index in [1.807, 2.05) is 0 Å². The van der Waals surface area contributed by atoms with E-state index in [0.29, 0.717) is 12.8 Å². The number of aliphatic carboxylic acids is 1. The molecule has 0 saturated heterocycles. The fraction of sp³-hybridized carbons (Fsp3) is 0.733. The molecule has 0 saturated carbocycles. The highest BCUT2D eigenvalue weighted by molar-refractivity contribution is 5.90. The van der Waals surface area contributed by atoms with Crippen LogP contribution in [0.2, 0.25) is 0 Å². The van der Waals surface area contributed by atoms with Gasteiger partial charge in [-0.2, -0.15) is 0 Å². The van der Waals surface area contributed by atoms with E-state index in [9.17, 15) is 19.2 Å². The number of carboxylic acid groups (broad SMARTS) is 1. The average molecular weight is 360 g/mol. The minimum absolute atomic E-state index is 0.0216. The van der Waals surface area contributed by atoms with Crippen molar-refractivity contribution in [2.75, 3.05) is 13.2 Å². The van der Waals surface area contributed by atoms with Gasteiger partial charge in [-0.3, -0.25) is 19.2 Å². The Labute approximate surface area is 146 Å². The predicted octanol–water partition coefficient (Wildman–Crippen LogP) is -2.07. The molecule has 7 N–H and O–H groups in total. The van der Waals surface area contributed by atoms with Crippen LogP contribution >= 0.6 is 0 Å². The molecule has 0 aliphatic heterocycles. The highest BCUT2D eigenvalue weighted by atomic mass is 16.4. The Morgan fingerprint density at radius 2 is 1.80 bits per heavy atom. The largest absolute Gasteiger partial charge is 0.481 e. The van der Waals surface area contributed by atoms with Crippen molar-refractivity contribution in [3.63, 3.8) is 0 Å². The van der Waals surface area contributed by atoms with Gasteiger partial charge < -0.3 is 31.9 Å². The van der Waals surface area contributed by atoms with Crippen molar-refractivity contribution >= 4 is 24.2 Å². The van der Waals surface area contributed by atoms with Gasteiger partial charge in [-0.15, -0.1) is 0 Å². The number of hydrogen-bond acceptors (Lipinski definition) is 6. The van der Waals surface area contributed by atoms with Crippen LogP contribution in [0.4, 0.5) is 0 Å². The third-order valence-electron chi connectivity index (χ3n) is 3.59. The standard InChI is InChI=1S/C15H28N4O6/c1-9(2)13(19-14(24)11(7-20)17-8-21)15(25)18-10(6-16)4-3-5-12(22)23/h8-11,13,20H,3-7,16H2,1-2H3,(H,17,21)(H,18,25)(H,19,24)(H,22,23). The number of carbonyl (C=O) groups is 4. The van der Waals surface area contributed by atoms with Gasteiger partial charge >= 0.3 is 5.97 Å². The molecule has 3 atom stereocenters. The Morgan fingerprint density at radius 3 is 2.24 bits per heavy atom. The topological polar surface area (TPSA) is 171 Å². The van der Waals surface area contributed by atoms with E-state index in [2.05, 4.69) is 16.0 Å². The Hall–Kier alpha value is -2.20. The highest BCUT2D eigenvalue weighted by Crippen LogP contribution is 2.06. The fourth-order valence-corrected chi connectivity index (χ4v) is 2.12. The first-order valence-electron chi connectivity index (χ1n) is 8.09. The SMILES string of the molecule is CC(C)C(NC(=O)C(CO)NC=O)C(=O)NC(CN)CCCC(=O)O. The average Bonchev–Trinajstić information content (AvgIpc) is 2.55. The molecule has 25 heavy (non-hydrogen) atoms. The van der Waals surface area contributed by atoms with Crippen LogP contribution < -0.4 is 21.7 Å². The number of amides is 3. The lowest BCUT2D eigenvalue weighted by atomic mass is 10.0. The summed E-state index contributed by atoms with van der Waals surface area (Å²) < 4.78 is 0. The number of rotatable bonds is 13. The summed E-state index contributed by atoms with van der Waals surface area (Å²) in [4.78, 5) is 45.4. The number of nitrogens with one attached hydrogen (secondary N) is 3. The smallest absolute Gasteiger partial charge is 0.303 e. The number of nitrogens with two attached hydrogens (primary N) is 1. The van der Waals surface area contributed by atoms with Gasteiger partial charge in [0.2, 0.25) is 18.2 Å². The summed E-state index contributed by atoms with van der Waals surface area (Å²) in [7, 11) is 0. The number of hydrogen-bond donors (Lipinski definition) is 6. The predicted molar refractivity (Wildman–Crippen MR) is 89.3 cm³/mol. The molecule has 0 spiro atoms. The zero-order valence-electron chi connectivity index (χ0n) is 14.5. The second kappa shape index (κ2) is 12.2. The van der Waals surface area contributed by atoms with Crippen molar-refractivity contribution in [2.45, 2.75) is 51.2 Å². The fourth-order valence-electron chi connectivity index (χ4n) is 2.12. The summed E-state index contributed by atoms with van der Waals surface area (Å²) in [6.07, 6.45) is 1.04. The summed E-state index contributed by atoms with van der Waals surface area (Å²) in [5.74, 6) is -2.32. The normalized spacial score (nSPS) is 14.3. The lowest BCUT2D eigenvalue weighted by molar-refractivity contribution is -0.137. The van der Waals surface area contributed by atoms with E-state index in [1.165, 1.54) is 0 Å². The van der Waals surface area contributed by atoms with Crippen LogP contribution in [0.15, 0.2) is 0 Å². The first-order chi connectivity index (χ1) is 11.8. The van der Waals surface area contributed by atoms with E-state index in [-0.39, 0.29) is 25.3 Å². The summed E-state index contributed by atoms with van der Waals surface area (Å²) in [5.41, 5.74) is 5.59. The molecule has 0 radical (unpaired) electrons. The summed E-state index contributed by atoms with van der Waals surface area (Å²) in [6, 6.07) is -2.44. The van der Waals surface area contributed by atoms with Crippen molar-refractivity contribution in [3.05, 3.63) is 0 Å². The van der Waals surface area contributed by atoms with Crippen molar-refractivity contribution in [1.82, 2.24) is 16.0 Å². The third-order valence-corrected chi connectivity index (χ3v) is 3.59. The molecule has 10 heteroatoms. The maximum absolute atomic E-state index is 12.4. The van der Waals surface area contributed by atoms with Gasteiger partial charge in [-0.25, -0.2) is 0 Å². The van der Waals surface area contributed by atoms with Gasteiger partial charge in [-0.05, 0) is 18.8 Å². The molecule has 144 valence electrons. The summed E-state index contributed by atoms with van der Waals surface area (Å²) in [6.45, 7) is 2.99. The van der Waals surface area contributed by atoms with Crippen LogP contribution in [0.3, 0.4) is 0 Å². The molecule has 0 bridgehead atoms. The Balaban J connectivity index is 4.78. The van der Waals surface area contributed by atoms with Crippen molar-refractivity contribution < 1.29 is 29.4 Å². The molecule has 0 aliphatic carbocycles.